The SMILES string of the molecule is CCCCCCCCCCCCCC(=O)O[C@H](COC(=O)CCCCCCCCC(C)C)COP(=O)(O)OC[C@H](O)COP(=O)(O)OC[C@@H](COC(=O)CCCCCCCCCCC(C)C)OC(=O)CCCCCCCCCCCCCCCC(C)C. The number of hydrogen-bond donors (Lipinski definition) is 3. The number of hydrogen-bond acceptors (Lipinski definition) is 15. The summed E-state index contributed by atoms with van der Waals surface area (Å²) in [7, 11) is -9.89. The van der Waals surface area contributed by atoms with Crippen LogP contribution in [-0.2, 0) is 65.4 Å². The molecule has 0 rings (SSSR count). The molecule has 0 aromatic rings. The molecule has 3 N–H and O–H groups in total. The van der Waals surface area contributed by atoms with Gasteiger partial charge in [0.25, 0.3) is 0 Å². The van der Waals surface area contributed by atoms with Crippen molar-refractivity contribution in [2.75, 3.05) is 39.6 Å². The highest BCUT2D eigenvalue weighted by molar-refractivity contribution is 7.47. The van der Waals surface area contributed by atoms with Gasteiger partial charge in [0.1, 0.15) is 19.3 Å². The van der Waals surface area contributed by atoms with Crippen molar-refractivity contribution in [2.45, 2.75) is 356 Å². The first-order valence-corrected chi connectivity index (χ1v) is 38.3. The molecule has 2 unspecified atom stereocenters. The Morgan fingerprint density at radius 2 is 0.529 bits per heavy atom. The maximum Gasteiger partial charge on any atom is 0.472 e. The Kier molecular flexibility index (Phi) is 57.8. The monoisotopic (exact) mass is 1280 g/mol. The van der Waals surface area contributed by atoms with E-state index in [9.17, 15) is 43.2 Å². The number of phosphoric acid groups is 2. The van der Waals surface area contributed by atoms with Crippen LogP contribution in [0.3, 0.4) is 0 Å². The normalized spacial score (nSPS) is 14.3. The summed E-state index contributed by atoms with van der Waals surface area (Å²) < 4.78 is 68.1. The lowest BCUT2D eigenvalue weighted by molar-refractivity contribution is -0.161. The fraction of sp³-hybridized carbons (Fsp3) is 0.941. The van der Waals surface area contributed by atoms with Gasteiger partial charge in [0, 0.05) is 25.7 Å². The van der Waals surface area contributed by atoms with Gasteiger partial charge in [-0.2, -0.15) is 0 Å². The van der Waals surface area contributed by atoms with Gasteiger partial charge in [0.05, 0.1) is 26.4 Å². The number of unbranched alkanes of at least 4 members (excludes halogenated alkanes) is 34. The molecule has 87 heavy (non-hydrogen) atoms. The molecule has 17 nitrogen and oxygen atoms in total. The van der Waals surface area contributed by atoms with E-state index in [0.29, 0.717) is 31.6 Å². The predicted molar refractivity (Wildman–Crippen MR) is 349 cm³/mol. The van der Waals surface area contributed by atoms with Gasteiger partial charge in [0.2, 0.25) is 0 Å². The van der Waals surface area contributed by atoms with E-state index in [-0.39, 0.29) is 25.7 Å². The van der Waals surface area contributed by atoms with E-state index in [4.69, 9.17) is 37.0 Å². The van der Waals surface area contributed by atoms with Crippen LogP contribution in [0, 0.1) is 17.8 Å². The van der Waals surface area contributed by atoms with Gasteiger partial charge in [0.15, 0.2) is 12.2 Å². The highest BCUT2D eigenvalue weighted by Gasteiger charge is 2.30. The molecule has 0 spiro atoms. The van der Waals surface area contributed by atoms with Gasteiger partial charge < -0.3 is 33.8 Å². The van der Waals surface area contributed by atoms with Crippen LogP contribution in [0.25, 0.3) is 0 Å². The van der Waals surface area contributed by atoms with Crippen molar-refractivity contribution in [1.82, 2.24) is 0 Å². The summed E-state index contributed by atoms with van der Waals surface area (Å²) in [6.45, 7) is 11.7. The molecule has 516 valence electrons. The highest BCUT2D eigenvalue weighted by Crippen LogP contribution is 2.45. The molecule has 0 aliphatic carbocycles. The first-order chi connectivity index (χ1) is 41.7. The minimum absolute atomic E-state index is 0.105. The Morgan fingerprint density at radius 1 is 0.310 bits per heavy atom. The number of aliphatic hydroxyl groups is 1. The third kappa shape index (κ3) is 62.6. The average molecular weight is 1280 g/mol. The first kappa shape index (κ1) is 85.1. The van der Waals surface area contributed by atoms with Gasteiger partial charge >= 0.3 is 39.5 Å². The lowest BCUT2D eigenvalue weighted by Gasteiger charge is -2.21. The summed E-state index contributed by atoms with van der Waals surface area (Å²) in [4.78, 5) is 72.4. The summed E-state index contributed by atoms with van der Waals surface area (Å²) in [6, 6.07) is 0. The average Bonchev–Trinajstić information content (AvgIpc) is 3.48. The van der Waals surface area contributed by atoms with E-state index in [0.717, 1.165) is 108 Å². The molecule has 0 bridgehead atoms. The van der Waals surface area contributed by atoms with Crippen molar-refractivity contribution < 1.29 is 80.2 Å². The smallest absolute Gasteiger partial charge is 0.462 e. The van der Waals surface area contributed by atoms with Crippen LogP contribution < -0.4 is 0 Å². The number of carbonyl (C=O) groups is 4. The number of aliphatic hydroxyl groups excluding tert-OH is 1. The van der Waals surface area contributed by atoms with Crippen molar-refractivity contribution in [3.63, 3.8) is 0 Å². The third-order valence-corrected chi connectivity index (χ3v) is 17.5. The second-order valence-corrected chi connectivity index (χ2v) is 28.9. The fourth-order valence-electron chi connectivity index (χ4n) is 10.2. The first-order valence-electron chi connectivity index (χ1n) is 35.3. The largest absolute Gasteiger partial charge is 0.472 e. The zero-order valence-corrected chi connectivity index (χ0v) is 58.3. The molecule has 0 aliphatic heterocycles. The molecule has 5 atom stereocenters. The molecule has 0 fully saturated rings. The lowest BCUT2D eigenvalue weighted by atomic mass is 10.0. The topological polar surface area (TPSA) is 237 Å². The molecule has 0 aromatic carbocycles. The van der Waals surface area contributed by atoms with Gasteiger partial charge in [-0.15, -0.1) is 0 Å². The fourth-order valence-corrected chi connectivity index (χ4v) is 11.8. The Morgan fingerprint density at radius 3 is 0.782 bits per heavy atom. The Hall–Kier alpha value is -1.94. The van der Waals surface area contributed by atoms with Gasteiger partial charge in [-0.1, -0.05) is 286 Å². The summed E-state index contributed by atoms with van der Waals surface area (Å²) in [5.41, 5.74) is 0. The molecule has 0 saturated heterocycles. The molecule has 0 radical (unpaired) electrons. The molecular weight excluding hydrogens is 1150 g/mol. The second-order valence-electron chi connectivity index (χ2n) is 26.0. The van der Waals surface area contributed by atoms with Crippen molar-refractivity contribution >= 4 is 39.5 Å². The second kappa shape index (κ2) is 59.1. The van der Waals surface area contributed by atoms with Crippen molar-refractivity contribution in [2.24, 2.45) is 17.8 Å². The number of ether oxygens (including phenoxy) is 4. The molecule has 0 heterocycles. The number of esters is 4. The number of rotatable bonds is 66. The summed E-state index contributed by atoms with van der Waals surface area (Å²) in [6.07, 6.45) is 41.8. The third-order valence-electron chi connectivity index (χ3n) is 15.6. The molecule has 0 saturated carbocycles. The van der Waals surface area contributed by atoms with E-state index in [1.165, 1.54) is 141 Å². The Labute approximate surface area is 530 Å². The van der Waals surface area contributed by atoms with E-state index in [1.54, 1.807) is 0 Å². The number of carbonyl (C=O) groups excluding carboxylic acids is 4. The maximum atomic E-state index is 13.0. The summed E-state index contributed by atoms with van der Waals surface area (Å²) >= 11 is 0. The van der Waals surface area contributed by atoms with Gasteiger partial charge in [-0.25, -0.2) is 9.13 Å². The quantitative estimate of drug-likeness (QED) is 0.0222. The standard InChI is InChI=1S/C68H132O17P2/c1-8-9-10-11-12-13-17-21-28-37-44-51-67(72)85-64(56-79-66(71)50-43-36-31-30-34-41-48-61(6)7)58-83-87(76,77)81-54-62(69)53-80-86(74,75)82-57-63(55-78-65(70)49-42-35-27-24-23-26-33-40-47-60(4)5)84-68(73)52-45-38-29-22-19-16-14-15-18-20-25-32-39-46-59(2)3/h59-64,69H,8-58H2,1-7H3,(H,74,75)(H,76,77)/t62-,63-,64-/m1/s1. The zero-order chi connectivity index (χ0) is 64.5. The number of phosphoric ester groups is 2. The molecule has 0 aliphatic rings. The van der Waals surface area contributed by atoms with Crippen molar-refractivity contribution in [1.29, 1.82) is 0 Å². The molecule has 0 aromatic heterocycles. The maximum absolute atomic E-state index is 13.0. The van der Waals surface area contributed by atoms with Crippen LogP contribution in [0.15, 0.2) is 0 Å². The summed E-state index contributed by atoms with van der Waals surface area (Å²) in [5, 5.41) is 10.6. The van der Waals surface area contributed by atoms with E-state index in [1.807, 2.05) is 0 Å². The van der Waals surface area contributed by atoms with Crippen LogP contribution in [0.5, 0.6) is 0 Å². The van der Waals surface area contributed by atoms with E-state index < -0.39 is 97.5 Å². The molecular formula is C68H132O17P2. The highest BCUT2D eigenvalue weighted by atomic mass is 31.2. The van der Waals surface area contributed by atoms with Gasteiger partial charge in [-0.3, -0.25) is 37.3 Å². The van der Waals surface area contributed by atoms with Crippen LogP contribution in [-0.4, -0.2) is 96.7 Å². The van der Waals surface area contributed by atoms with Crippen LogP contribution in [0.1, 0.15) is 337 Å². The lowest BCUT2D eigenvalue weighted by Crippen LogP contribution is -2.30. The van der Waals surface area contributed by atoms with Gasteiger partial charge in [-0.05, 0) is 43.4 Å². The Balaban J connectivity index is 5.23. The molecule has 19 heteroatoms. The van der Waals surface area contributed by atoms with Crippen LogP contribution in [0.4, 0.5) is 0 Å². The van der Waals surface area contributed by atoms with Crippen LogP contribution >= 0.6 is 15.6 Å². The van der Waals surface area contributed by atoms with Crippen molar-refractivity contribution in [3.05, 3.63) is 0 Å². The molecule has 0 amide bonds. The minimum Gasteiger partial charge on any atom is -0.462 e. The van der Waals surface area contributed by atoms with E-state index in [2.05, 4.69) is 48.5 Å². The van der Waals surface area contributed by atoms with E-state index >= 15 is 0 Å². The minimum atomic E-state index is -4.95. The predicted octanol–water partition coefficient (Wildman–Crippen LogP) is 19.1. The Bertz CT molecular complexity index is 1720. The summed E-state index contributed by atoms with van der Waals surface area (Å²) in [5.74, 6) is 0.0616. The van der Waals surface area contributed by atoms with Crippen LogP contribution in [0.2, 0.25) is 0 Å². The zero-order valence-electron chi connectivity index (χ0n) is 56.5. The van der Waals surface area contributed by atoms with Crippen molar-refractivity contribution in [3.8, 4) is 0 Å².